The molecule has 0 N–H and O–H groups in total. The third-order valence-electron chi connectivity index (χ3n) is 4.45. The van der Waals surface area contributed by atoms with Gasteiger partial charge in [-0.1, -0.05) is 19.1 Å². The molecule has 1 aliphatic rings. The van der Waals surface area contributed by atoms with Gasteiger partial charge in [0.25, 0.3) is 0 Å². The summed E-state index contributed by atoms with van der Waals surface area (Å²) >= 11 is 0. The van der Waals surface area contributed by atoms with Crippen molar-refractivity contribution in [3.8, 4) is 0 Å². The van der Waals surface area contributed by atoms with Gasteiger partial charge in [-0.15, -0.1) is 0 Å². The van der Waals surface area contributed by atoms with Crippen molar-refractivity contribution in [2.45, 2.75) is 45.7 Å². The largest absolute Gasteiger partial charge is 0.465 e. The van der Waals surface area contributed by atoms with Crippen LogP contribution < -0.4 is 0 Å². The summed E-state index contributed by atoms with van der Waals surface area (Å²) in [4.78, 5) is 30.9. The standard InChI is InChI=1S/C18H23N3O3/c1-3-16(22)20-11-7-10-15(20)18-19-13-8-5-6-9-14(13)21(18)12-17(23)24-4-2/h5-6,8-9,15H,3-4,7,10-12H2,1-2H3. The van der Waals surface area contributed by atoms with E-state index in [-0.39, 0.29) is 24.5 Å². The molecule has 1 aromatic carbocycles. The predicted molar refractivity (Wildman–Crippen MR) is 90.3 cm³/mol. The molecule has 128 valence electrons. The third kappa shape index (κ3) is 3.00. The van der Waals surface area contributed by atoms with E-state index < -0.39 is 0 Å². The predicted octanol–water partition coefficient (Wildman–Crippen LogP) is 2.67. The molecule has 0 aliphatic carbocycles. The van der Waals surface area contributed by atoms with E-state index in [1.54, 1.807) is 6.92 Å². The van der Waals surface area contributed by atoms with E-state index in [0.717, 1.165) is 36.2 Å². The van der Waals surface area contributed by atoms with Gasteiger partial charge < -0.3 is 14.2 Å². The second-order valence-electron chi connectivity index (χ2n) is 5.95. The van der Waals surface area contributed by atoms with E-state index in [2.05, 4.69) is 0 Å². The lowest BCUT2D eigenvalue weighted by Gasteiger charge is -2.24. The Bertz CT molecular complexity index is 753. The van der Waals surface area contributed by atoms with E-state index in [4.69, 9.17) is 9.72 Å². The molecule has 2 heterocycles. The van der Waals surface area contributed by atoms with Crippen molar-refractivity contribution in [1.29, 1.82) is 0 Å². The summed E-state index contributed by atoms with van der Waals surface area (Å²) in [6.45, 7) is 4.89. The Hall–Kier alpha value is -2.37. The van der Waals surface area contributed by atoms with Crippen molar-refractivity contribution < 1.29 is 14.3 Å². The first-order chi connectivity index (χ1) is 11.7. The quantitative estimate of drug-likeness (QED) is 0.791. The van der Waals surface area contributed by atoms with Gasteiger partial charge in [0.15, 0.2) is 0 Å². The summed E-state index contributed by atoms with van der Waals surface area (Å²) in [6, 6.07) is 7.67. The molecule has 0 saturated carbocycles. The maximum absolute atomic E-state index is 12.2. The van der Waals surface area contributed by atoms with Crippen LogP contribution in [0.25, 0.3) is 11.0 Å². The Labute approximate surface area is 141 Å². The lowest BCUT2D eigenvalue weighted by Crippen LogP contribution is -2.31. The van der Waals surface area contributed by atoms with Crippen LogP contribution in [0.5, 0.6) is 0 Å². The normalized spacial score (nSPS) is 17.4. The lowest BCUT2D eigenvalue weighted by atomic mass is 10.2. The Kier molecular flexibility index (Phi) is 4.83. The number of carbonyl (C=O) groups excluding carboxylic acids is 2. The Morgan fingerprint density at radius 3 is 2.83 bits per heavy atom. The fourth-order valence-electron chi connectivity index (χ4n) is 3.39. The number of likely N-dealkylation sites (tertiary alicyclic amines) is 1. The van der Waals surface area contributed by atoms with Crippen LogP contribution in [0, 0.1) is 0 Å². The highest BCUT2D eigenvalue weighted by Crippen LogP contribution is 2.33. The van der Waals surface area contributed by atoms with Gasteiger partial charge in [-0.05, 0) is 31.9 Å². The molecule has 24 heavy (non-hydrogen) atoms. The SMILES string of the molecule is CCOC(=O)Cn1c(C2CCCN2C(=O)CC)nc2ccccc21. The number of aromatic nitrogens is 2. The number of fused-ring (bicyclic) bond motifs is 1. The summed E-state index contributed by atoms with van der Waals surface area (Å²) in [5.74, 6) is 0.629. The molecule has 6 nitrogen and oxygen atoms in total. The molecule has 0 radical (unpaired) electrons. The molecule has 0 bridgehead atoms. The number of hydrogen-bond acceptors (Lipinski definition) is 4. The molecule has 1 amide bonds. The summed E-state index contributed by atoms with van der Waals surface area (Å²) in [6.07, 6.45) is 2.31. The van der Waals surface area contributed by atoms with E-state index in [1.165, 1.54) is 0 Å². The fraction of sp³-hybridized carbons (Fsp3) is 0.500. The first-order valence-electron chi connectivity index (χ1n) is 8.56. The van der Waals surface area contributed by atoms with Crippen LogP contribution in [0.15, 0.2) is 24.3 Å². The number of para-hydroxylation sites is 2. The average Bonchev–Trinajstić information content (AvgIpc) is 3.19. The number of amides is 1. The molecule has 1 aromatic heterocycles. The minimum atomic E-state index is -0.284. The van der Waals surface area contributed by atoms with Crippen molar-refractivity contribution in [1.82, 2.24) is 14.5 Å². The molecule has 1 atom stereocenters. The first kappa shape index (κ1) is 16.5. The lowest BCUT2D eigenvalue weighted by molar-refractivity contribution is -0.143. The number of esters is 1. The zero-order valence-corrected chi connectivity index (χ0v) is 14.2. The van der Waals surface area contributed by atoms with E-state index in [0.29, 0.717) is 13.0 Å². The Morgan fingerprint density at radius 2 is 2.08 bits per heavy atom. The zero-order valence-electron chi connectivity index (χ0n) is 14.2. The molecule has 3 rings (SSSR count). The van der Waals surface area contributed by atoms with Gasteiger partial charge >= 0.3 is 5.97 Å². The highest BCUT2D eigenvalue weighted by molar-refractivity contribution is 5.80. The molecule has 1 aliphatic heterocycles. The van der Waals surface area contributed by atoms with Crippen LogP contribution in [0.4, 0.5) is 0 Å². The summed E-state index contributed by atoms with van der Waals surface area (Å²) in [7, 11) is 0. The van der Waals surface area contributed by atoms with Crippen LogP contribution in [-0.2, 0) is 20.9 Å². The second-order valence-corrected chi connectivity index (χ2v) is 5.95. The van der Waals surface area contributed by atoms with Gasteiger partial charge in [0.2, 0.25) is 5.91 Å². The third-order valence-corrected chi connectivity index (χ3v) is 4.45. The Morgan fingerprint density at radius 1 is 1.29 bits per heavy atom. The molecule has 1 unspecified atom stereocenters. The minimum Gasteiger partial charge on any atom is -0.465 e. The van der Waals surface area contributed by atoms with Crippen molar-refractivity contribution in [2.75, 3.05) is 13.2 Å². The van der Waals surface area contributed by atoms with Gasteiger partial charge in [-0.3, -0.25) is 9.59 Å². The second kappa shape index (κ2) is 7.03. The van der Waals surface area contributed by atoms with Gasteiger partial charge in [-0.25, -0.2) is 4.98 Å². The van der Waals surface area contributed by atoms with Gasteiger partial charge in [0.05, 0.1) is 23.7 Å². The van der Waals surface area contributed by atoms with Crippen LogP contribution in [-0.4, -0.2) is 39.5 Å². The monoisotopic (exact) mass is 329 g/mol. The van der Waals surface area contributed by atoms with Crippen LogP contribution in [0.3, 0.4) is 0 Å². The number of benzene rings is 1. The maximum Gasteiger partial charge on any atom is 0.326 e. The fourth-order valence-corrected chi connectivity index (χ4v) is 3.39. The van der Waals surface area contributed by atoms with E-state index >= 15 is 0 Å². The van der Waals surface area contributed by atoms with Crippen LogP contribution >= 0.6 is 0 Å². The van der Waals surface area contributed by atoms with Crippen LogP contribution in [0.1, 0.15) is 45.0 Å². The molecule has 1 fully saturated rings. The summed E-state index contributed by atoms with van der Waals surface area (Å²) in [5, 5.41) is 0. The molecule has 1 saturated heterocycles. The zero-order chi connectivity index (χ0) is 17.1. The minimum absolute atomic E-state index is 0.0701. The van der Waals surface area contributed by atoms with Crippen molar-refractivity contribution >= 4 is 22.9 Å². The molecular formula is C18H23N3O3. The number of carbonyl (C=O) groups is 2. The van der Waals surface area contributed by atoms with Gasteiger partial charge in [-0.2, -0.15) is 0 Å². The highest BCUT2D eigenvalue weighted by atomic mass is 16.5. The topological polar surface area (TPSA) is 64.4 Å². The molecule has 6 heteroatoms. The number of imidazole rings is 1. The molecule has 2 aromatic rings. The molecular weight excluding hydrogens is 306 g/mol. The number of rotatable bonds is 5. The van der Waals surface area contributed by atoms with Crippen molar-refractivity contribution in [2.24, 2.45) is 0 Å². The van der Waals surface area contributed by atoms with Crippen molar-refractivity contribution in [3.63, 3.8) is 0 Å². The van der Waals surface area contributed by atoms with E-state index in [1.807, 2.05) is 40.7 Å². The van der Waals surface area contributed by atoms with E-state index in [9.17, 15) is 9.59 Å². The maximum atomic E-state index is 12.2. The van der Waals surface area contributed by atoms with Gasteiger partial charge in [0, 0.05) is 13.0 Å². The first-order valence-corrected chi connectivity index (χ1v) is 8.56. The number of nitrogens with zero attached hydrogens (tertiary/aromatic N) is 3. The average molecular weight is 329 g/mol. The Balaban J connectivity index is 2.03. The van der Waals surface area contributed by atoms with Crippen molar-refractivity contribution in [3.05, 3.63) is 30.1 Å². The van der Waals surface area contributed by atoms with Crippen LogP contribution in [0.2, 0.25) is 0 Å². The number of hydrogen-bond donors (Lipinski definition) is 0. The highest BCUT2D eigenvalue weighted by Gasteiger charge is 2.33. The number of ether oxygens (including phenoxy) is 1. The summed E-state index contributed by atoms with van der Waals surface area (Å²) in [5.41, 5.74) is 1.74. The molecule has 0 spiro atoms. The summed E-state index contributed by atoms with van der Waals surface area (Å²) < 4.78 is 7.01. The smallest absolute Gasteiger partial charge is 0.326 e. The van der Waals surface area contributed by atoms with Gasteiger partial charge in [0.1, 0.15) is 12.4 Å².